The minimum atomic E-state index is -0.387. The molecule has 0 radical (unpaired) electrons. The van der Waals surface area contributed by atoms with E-state index in [4.69, 9.17) is 0 Å². The van der Waals surface area contributed by atoms with Gasteiger partial charge in [-0.05, 0) is 36.6 Å². The Labute approximate surface area is 191 Å². The number of aryl methyl sites for hydroxylation is 1. The predicted octanol–water partition coefficient (Wildman–Crippen LogP) is 3.29. The van der Waals surface area contributed by atoms with Crippen molar-refractivity contribution in [1.29, 1.82) is 0 Å². The monoisotopic (exact) mass is 447 g/mol. The van der Waals surface area contributed by atoms with Crippen LogP contribution in [-0.4, -0.2) is 52.9 Å². The van der Waals surface area contributed by atoms with Crippen LogP contribution in [0.2, 0.25) is 0 Å². The Balaban J connectivity index is 1.37. The van der Waals surface area contributed by atoms with Gasteiger partial charge in [-0.1, -0.05) is 23.8 Å². The first-order valence-electron chi connectivity index (χ1n) is 10.8. The Hall–Kier alpha value is -3.26. The third kappa shape index (κ3) is 3.86. The molecule has 3 aromatic rings. The van der Waals surface area contributed by atoms with Crippen molar-refractivity contribution in [2.24, 2.45) is 5.92 Å². The van der Waals surface area contributed by atoms with Crippen molar-refractivity contribution in [2.45, 2.75) is 19.4 Å². The van der Waals surface area contributed by atoms with E-state index in [1.54, 1.807) is 29.8 Å². The van der Waals surface area contributed by atoms with E-state index < -0.39 is 0 Å². The summed E-state index contributed by atoms with van der Waals surface area (Å²) in [6.45, 7) is 4.59. The van der Waals surface area contributed by atoms with Gasteiger partial charge in [0.15, 0.2) is 0 Å². The zero-order chi connectivity index (χ0) is 22.1. The van der Waals surface area contributed by atoms with E-state index in [0.29, 0.717) is 32.1 Å². The number of piperazine rings is 1. The summed E-state index contributed by atoms with van der Waals surface area (Å²) >= 11 is 1.60. The highest BCUT2D eigenvalue weighted by molar-refractivity contribution is 7.10. The summed E-state index contributed by atoms with van der Waals surface area (Å²) in [5.41, 5.74) is 1.99. The molecule has 1 aromatic carbocycles. The molecule has 2 atom stereocenters. The Morgan fingerprint density at radius 1 is 1.00 bits per heavy atom. The van der Waals surface area contributed by atoms with Gasteiger partial charge in [0.2, 0.25) is 17.8 Å². The van der Waals surface area contributed by atoms with E-state index in [-0.39, 0.29) is 30.2 Å². The first-order valence-corrected chi connectivity index (χ1v) is 11.7. The lowest BCUT2D eigenvalue weighted by atomic mass is 9.96. The van der Waals surface area contributed by atoms with Gasteiger partial charge in [0.05, 0.1) is 12.0 Å². The number of amides is 2. The summed E-state index contributed by atoms with van der Waals surface area (Å²) in [6.07, 6.45) is 3.70. The Bertz CT molecular complexity index is 1080. The summed E-state index contributed by atoms with van der Waals surface area (Å²) in [4.78, 5) is 42.3. The molecule has 32 heavy (non-hydrogen) atoms. The normalized spacial score (nSPS) is 21.3. The molecule has 4 heterocycles. The number of benzene rings is 1. The molecule has 0 aliphatic carbocycles. The number of carbonyl (C=O) groups excluding carboxylic acids is 2. The van der Waals surface area contributed by atoms with Crippen LogP contribution < -0.4 is 9.80 Å². The maximum absolute atomic E-state index is 13.6. The van der Waals surface area contributed by atoms with Crippen LogP contribution in [0, 0.1) is 12.8 Å². The lowest BCUT2D eigenvalue weighted by Gasteiger charge is -2.37. The van der Waals surface area contributed by atoms with Gasteiger partial charge >= 0.3 is 0 Å². The van der Waals surface area contributed by atoms with Gasteiger partial charge in [-0.3, -0.25) is 9.59 Å². The number of nitrogens with zero attached hydrogens (tertiary/aromatic N) is 5. The minimum absolute atomic E-state index is 0.00178. The topological polar surface area (TPSA) is 69.6 Å². The van der Waals surface area contributed by atoms with Crippen molar-refractivity contribution in [3.05, 3.63) is 70.7 Å². The number of thiophene rings is 1. The van der Waals surface area contributed by atoms with Gasteiger partial charge in [-0.25, -0.2) is 9.97 Å². The molecule has 0 unspecified atom stereocenters. The molecule has 2 fully saturated rings. The Morgan fingerprint density at radius 2 is 1.72 bits per heavy atom. The summed E-state index contributed by atoms with van der Waals surface area (Å²) in [5, 5.41) is 2.01. The average Bonchev–Trinajstić information content (AvgIpc) is 3.48. The second kappa shape index (κ2) is 8.70. The van der Waals surface area contributed by atoms with E-state index in [1.807, 2.05) is 58.5 Å². The minimum Gasteiger partial charge on any atom is -0.339 e. The van der Waals surface area contributed by atoms with Crippen LogP contribution in [0.4, 0.5) is 11.6 Å². The fraction of sp³-hybridized carbons (Fsp3) is 0.333. The van der Waals surface area contributed by atoms with E-state index in [9.17, 15) is 9.59 Å². The van der Waals surface area contributed by atoms with Crippen LogP contribution >= 0.6 is 11.3 Å². The highest BCUT2D eigenvalue weighted by Gasteiger charge is 2.47. The molecule has 2 aliphatic heterocycles. The fourth-order valence-corrected chi connectivity index (χ4v) is 5.45. The average molecular weight is 448 g/mol. The molecule has 5 rings (SSSR count). The molecular weight excluding hydrogens is 422 g/mol. The molecule has 2 amide bonds. The molecule has 0 saturated carbocycles. The maximum Gasteiger partial charge on any atom is 0.228 e. The summed E-state index contributed by atoms with van der Waals surface area (Å²) in [7, 11) is 0. The Kier molecular flexibility index (Phi) is 5.61. The molecule has 7 nitrogen and oxygen atoms in total. The van der Waals surface area contributed by atoms with Crippen LogP contribution in [0.1, 0.15) is 22.9 Å². The third-order valence-corrected chi connectivity index (χ3v) is 7.16. The first-order chi connectivity index (χ1) is 15.6. The van der Waals surface area contributed by atoms with Crippen molar-refractivity contribution < 1.29 is 9.59 Å². The van der Waals surface area contributed by atoms with E-state index in [1.165, 1.54) is 0 Å². The van der Waals surface area contributed by atoms with E-state index >= 15 is 0 Å². The first kappa shape index (κ1) is 20.6. The van der Waals surface area contributed by atoms with Gasteiger partial charge in [0.1, 0.15) is 0 Å². The molecule has 164 valence electrons. The highest BCUT2D eigenvalue weighted by Crippen LogP contribution is 2.43. The van der Waals surface area contributed by atoms with E-state index in [2.05, 4.69) is 14.9 Å². The lowest BCUT2D eigenvalue weighted by molar-refractivity contribution is -0.136. The summed E-state index contributed by atoms with van der Waals surface area (Å²) in [6, 6.07) is 13.5. The highest BCUT2D eigenvalue weighted by atomic mass is 32.1. The van der Waals surface area contributed by atoms with Crippen LogP contribution in [0.15, 0.2) is 60.2 Å². The number of aromatic nitrogens is 2. The van der Waals surface area contributed by atoms with Crippen molar-refractivity contribution >= 4 is 34.8 Å². The van der Waals surface area contributed by atoms with Crippen molar-refractivity contribution in [3.63, 3.8) is 0 Å². The summed E-state index contributed by atoms with van der Waals surface area (Å²) in [5.74, 6) is 0.363. The number of carbonyl (C=O) groups is 2. The smallest absolute Gasteiger partial charge is 0.228 e. The number of anilines is 2. The standard InChI is InChI=1S/C24H25N5O2S/c1-17-5-7-18(8-6-17)29-21(30)16-19(22(29)20-4-2-15-32-20)23(31)27-11-13-28(14-12-27)24-25-9-3-10-26-24/h2-10,15,19,22H,11-14,16H2,1H3/t19-,22+/m0/s1. The SMILES string of the molecule is Cc1ccc(N2C(=O)C[C@H](C(=O)N3CCN(c4ncccn4)CC3)[C@@H]2c2cccs2)cc1. The lowest BCUT2D eigenvalue weighted by Crippen LogP contribution is -2.51. The van der Waals surface area contributed by atoms with Crippen molar-refractivity contribution in [3.8, 4) is 0 Å². The molecular formula is C24H25N5O2S. The molecule has 2 saturated heterocycles. The number of hydrogen-bond acceptors (Lipinski definition) is 6. The molecule has 2 aromatic heterocycles. The predicted molar refractivity (Wildman–Crippen MR) is 125 cm³/mol. The number of rotatable bonds is 4. The maximum atomic E-state index is 13.6. The van der Waals surface area contributed by atoms with Gasteiger partial charge in [0.25, 0.3) is 0 Å². The zero-order valence-electron chi connectivity index (χ0n) is 17.9. The molecule has 8 heteroatoms. The number of hydrogen-bond donors (Lipinski definition) is 0. The van der Waals surface area contributed by atoms with Crippen LogP contribution in [0.5, 0.6) is 0 Å². The van der Waals surface area contributed by atoms with Crippen LogP contribution in [0.25, 0.3) is 0 Å². The second-order valence-electron chi connectivity index (χ2n) is 8.23. The quantitative estimate of drug-likeness (QED) is 0.614. The van der Waals surface area contributed by atoms with Crippen LogP contribution in [0.3, 0.4) is 0 Å². The third-order valence-electron chi connectivity index (χ3n) is 6.21. The molecule has 0 bridgehead atoms. The zero-order valence-corrected chi connectivity index (χ0v) is 18.7. The van der Waals surface area contributed by atoms with E-state index in [0.717, 1.165) is 16.1 Å². The van der Waals surface area contributed by atoms with Crippen molar-refractivity contribution in [1.82, 2.24) is 14.9 Å². The van der Waals surface area contributed by atoms with Gasteiger partial charge in [0, 0.05) is 55.6 Å². The fourth-order valence-electron chi connectivity index (χ4n) is 4.57. The largest absolute Gasteiger partial charge is 0.339 e. The molecule has 0 N–H and O–H groups in total. The summed E-state index contributed by atoms with van der Waals surface area (Å²) < 4.78 is 0. The Morgan fingerprint density at radius 3 is 2.38 bits per heavy atom. The van der Waals surface area contributed by atoms with Gasteiger partial charge in [-0.2, -0.15) is 0 Å². The van der Waals surface area contributed by atoms with Gasteiger partial charge < -0.3 is 14.7 Å². The van der Waals surface area contributed by atoms with Crippen LogP contribution in [-0.2, 0) is 9.59 Å². The molecule has 0 spiro atoms. The van der Waals surface area contributed by atoms with Crippen molar-refractivity contribution in [2.75, 3.05) is 36.0 Å². The molecule has 2 aliphatic rings. The second-order valence-corrected chi connectivity index (χ2v) is 9.21. The van der Waals surface area contributed by atoms with Gasteiger partial charge in [-0.15, -0.1) is 11.3 Å².